The molecule has 1 rings (SSSR count). The Balaban J connectivity index is 2.19. The van der Waals surface area contributed by atoms with E-state index in [1.807, 2.05) is 10.8 Å². The van der Waals surface area contributed by atoms with Crippen LogP contribution in [0.4, 0.5) is 0 Å². The predicted molar refractivity (Wildman–Crippen MR) is 63.9 cm³/mol. The average molecular weight is 255 g/mol. The van der Waals surface area contributed by atoms with Gasteiger partial charge in [0.2, 0.25) is 0 Å². The minimum absolute atomic E-state index is 0.0236. The van der Waals surface area contributed by atoms with E-state index >= 15 is 0 Å². The lowest BCUT2D eigenvalue weighted by molar-refractivity contribution is -0.698. The summed E-state index contributed by atoms with van der Waals surface area (Å²) in [6.07, 6.45) is 3.53. The molecule has 3 N–H and O–H groups in total. The predicted octanol–water partition coefficient (Wildman–Crippen LogP) is -0.901. The Morgan fingerprint density at radius 2 is 2.00 bits per heavy atom. The first-order chi connectivity index (χ1) is 8.74. The number of ether oxygens (including phenoxy) is 2. The first-order valence-electron chi connectivity index (χ1n) is 5.79. The number of hydrogen-bond acceptors (Lipinski definition) is 4. The highest BCUT2D eigenvalue weighted by molar-refractivity contribution is 5.92. The van der Waals surface area contributed by atoms with Gasteiger partial charge < -0.3 is 20.3 Å². The molecule has 0 radical (unpaired) electrons. The zero-order valence-corrected chi connectivity index (χ0v) is 10.2. The number of nitrogens with two attached hydrogens (primary N) is 1. The minimum Gasteiger partial charge on any atom is -0.394 e. The van der Waals surface area contributed by atoms with E-state index in [0.29, 0.717) is 38.5 Å². The fourth-order valence-electron chi connectivity index (χ4n) is 1.36. The molecule has 6 nitrogen and oxygen atoms in total. The lowest BCUT2D eigenvalue weighted by Crippen LogP contribution is -2.36. The van der Waals surface area contributed by atoms with Gasteiger partial charge in [0.15, 0.2) is 18.9 Å². The maximum absolute atomic E-state index is 11.0. The molecule has 1 aromatic rings. The molecule has 0 fully saturated rings. The summed E-state index contributed by atoms with van der Waals surface area (Å²) in [5.41, 5.74) is 5.66. The fraction of sp³-hybridized carbons (Fsp3) is 0.500. The number of carbonyl (C=O) groups is 1. The number of amides is 1. The van der Waals surface area contributed by atoms with Crippen LogP contribution in [0, 0.1) is 0 Å². The maximum Gasteiger partial charge on any atom is 0.254 e. The number of aliphatic hydroxyl groups excluding tert-OH is 1. The monoisotopic (exact) mass is 255 g/mol. The molecule has 1 aromatic heterocycles. The SMILES string of the molecule is NC(=O)c1ccc[n+](CCOCCOCCO)c1. The molecule has 0 unspecified atom stereocenters. The molecule has 0 saturated heterocycles. The normalized spacial score (nSPS) is 10.5. The minimum atomic E-state index is -0.442. The van der Waals surface area contributed by atoms with Crippen molar-refractivity contribution in [3.8, 4) is 0 Å². The summed E-state index contributed by atoms with van der Waals surface area (Å²) >= 11 is 0. The molecule has 0 aromatic carbocycles. The van der Waals surface area contributed by atoms with Gasteiger partial charge in [-0.25, -0.2) is 4.57 Å². The molecule has 0 atom stereocenters. The van der Waals surface area contributed by atoms with E-state index in [1.54, 1.807) is 18.3 Å². The number of pyridine rings is 1. The highest BCUT2D eigenvalue weighted by atomic mass is 16.5. The largest absolute Gasteiger partial charge is 0.394 e. The summed E-state index contributed by atoms with van der Waals surface area (Å²) in [7, 11) is 0. The quantitative estimate of drug-likeness (QED) is 0.442. The average Bonchev–Trinajstić information content (AvgIpc) is 2.38. The van der Waals surface area contributed by atoms with Gasteiger partial charge in [-0.15, -0.1) is 0 Å². The van der Waals surface area contributed by atoms with Gasteiger partial charge in [-0.2, -0.15) is 0 Å². The molecular weight excluding hydrogens is 236 g/mol. The molecule has 0 aliphatic carbocycles. The number of rotatable bonds is 9. The van der Waals surface area contributed by atoms with Gasteiger partial charge in [0.25, 0.3) is 5.91 Å². The van der Waals surface area contributed by atoms with Crippen LogP contribution >= 0.6 is 0 Å². The van der Waals surface area contributed by atoms with Crippen molar-refractivity contribution in [1.29, 1.82) is 0 Å². The summed E-state index contributed by atoms with van der Waals surface area (Å²) in [5, 5.41) is 8.48. The first-order valence-corrected chi connectivity index (χ1v) is 5.79. The Morgan fingerprint density at radius 3 is 2.67 bits per heavy atom. The number of nitrogens with zero attached hydrogens (tertiary/aromatic N) is 1. The second-order valence-corrected chi connectivity index (χ2v) is 3.64. The third kappa shape index (κ3) is 5.72. The van der Waals surface area contributed by atoms with Gasteiger partial charge in [-0.3, -0.25) is 4.79 Å². The van der Waals surface area contributed by atoms with E-state index < -0.39 is 5.91 Å². The van der Waals surface area contributed by atoms with Crippen LogP contribution in [0.2, 0.25) is 0 Å². The number of hydrogen-bond donors (Lipinski definition) is 2. The van der Waals surface area contributed by atoms with Gasteiger partial charge in [-0.1, -0.05) is 0 Å². The third-order valence-electron chi connectivity index (χ3n) is 2.24. The lowest BCUT2D eigenvalue weighted by atomic mass is 10.3. The van der Waals surface area contributed by atoms with E-state index in [2.05, 4.69) is 0 Å². The van der Waals surface area contributed by atoms with Crippen LogP contribution in [0.3, 0.4) is 0 Å². The van der Waals surface area contributed by atoms with Gasteiger partial charge in [0.1, 0.15) is 12.2 Å². The Hall–Kier alpha value is -1.50. The Labute approximate surface area is 106 Å². The standard InChI is InChI=1S/C12H18N2O4/c13-12(16)11-2-1-3-14(10-11)4-6-17-8-9-18-7-5-15/h1-3,10,15H,4-9H2,(H-,13,16)/p+1. The van der Waals surface area contributed by atoms with Crippen LogP contribution in [-0.2, 0) is 16.0 Å². The molecule has 0 aliphatic rings. The van der Waals surface area contributed by atoms with Crippen molar-refractivity contribution in [3.63, 3.8) is 0 Å². The van der Waals surface area contributed by atoms with E-state index in [-0.39, 0.29) is 6.61 Å². The van der Waals surface area contributed by atoms with Crippen LogP contribution in [0.1, 0.15) is 10.4 Å². The van der Waals surface area contributed by atoms with Crippen molar-refractivity contribution < 1.29 is 23.9 Å². The van der Waals surface area contributed by atoms with Crippen molar-refractivity contribution in [2.75, 3.05) is 33.0 Å². The van der Waals surface area contributed by atoms with Gasteiger partial charge >= 0.3 is 0 Å². The maximum atomic E-state index is 11.0. The van der Waals surface area contributed by atoms with Crippen LogP contribution in [0.25, 0.3) is 0 Å². The second kappa shape index (κ2) is 8.57. The molecule has 100 valence electrons. The summed E-state index contributed by atoms with van der Waals surface area (Å²) in [4.78, 5) is 11.0. The Kier molecular flexibility index (Phi) is 6.93. The molecule has 0 bridgehead atoms. The molecule has 0 saturated carbocycles. The number of aliphatic hydroxyl groups is 1. The molecule has 0 spiro atoms. The van der Waals surface area contributed by atoms with Crippen LogP contribution in [-0.4, -0.2) is 44.0 Å². The van der Waals surface area contributed by atoms with Crippen LogP contribution in [0.15, 0.2) is 24.5 Å². The van der Waals surface area contributed by atoms with E-state index in [4.69, 9.17) is 20.3 Å². The van der Waals surface area contributed by atoms with Crippen LogP contribution < -0.4 is 10.3 Å². The topological polar surface area (TPSA) is 85.7 Å². The zero-order valence-electron chi connectivity index (χ0n) is 10.2. The van der Waals surface area contributed by atoms with Crippen LogP contribution in [0.5, 0.6) is 0 Å². The summed E-state index contributed by atoms with van der Waals surface area (Å²) in [5.74, 6) is -0.442. The number of carbonyl (C=O) groups excluding carboxylic acids is 1. The van der Waals surface area contributed by atoms with Crippen molar-refractivity contribution in [2.45, 2.75) is 6.54 Å². The smallest absolute Gasteiger partial charge is 0.254 e. The molecule has 0 aliphatic heterocycles. The molecule has 1 heterocycles. The number of aromatic nitrogens is 1. The number of primary amides is 1. The van der Waals surface area contributed by atoms with Crippen molar-refractivity contribution >= 4 is 5.91 Å². The Morgan fingerprint density at radius 1 is 1.28 bits per heavy atom. The highest BCUT2D eigenvalue weighted by Crippen LogP contribution is 1.91. The van der Waals surface area contributed by atoms with Crippen molar-refractivity contribution in [3.05, 3.63) is 30.1 Å². The van der Waals surface area contributed by atoms with Gasteiger partial charge in [0, 0.05) is 6.07 Å². The lowest BCUT2D eigenvalue weighted by Gasteiger charge is -2.03. The third-order valence-corrected chi connectivity index (χ3v) is 2.24. The molecule has 6 heteroatoms. The molecule has 1 amide bonds. The molecular formula is C12H19N2O4+. The van der Waals surface area contributed by atoms with E-state index in [1.165, 1.54) is 0 Å². The second-order valence-electron chi connectivity index (χ2n) is 3.64. The first kappa shape index (κ1) is 14.6. The Bertz CT molecular complexity index is 371. The molecule has 18 heavy (non-hydrogen) atoms. The van der Waals surface area contributed by atoms with E-state index in [9.17, 15) is 4.79 Å². The summed E-state index contributed by atoms with van der Waals surface area (Å²) < 4.78 is 12.2. The van der Waals surface area contributed by atoms with Crippen molar-refractivity contribution in [1.82, 2.24) is 0 Å². The van der Waals surface area contributed by atoms with Crippen molar-refractivity contribution in [2.24, 2.45) is 5.73 Å². The zero-order chi connectivity index (χ0) is 13.2. The fourth-order valence-corrected chi connectivity index (χ4v) is 1.36. The van der Waals surface area contributed by atoms with Gasteiger partial charge in [-0.05, 0) is 6.07 Å². The summed E-state index contributed by atoms with van der Waals surface area (Å²) in [6, 6.07) is 3.44. The van der Waals surface area contributed by atoms with Gasteiger partial charge in [0.05, 0.1) is 26.4 Å². The summed E-state index contributed by atoms with van der Waals surface area (Å²) in [6.45, 7) is 2.47. The van der Waals surface area contributed by atoms with E-state index in [0.717, 1.165) is 0 Å². The highest BCUT2D eigenvalue weighted by Gasteiger charge is 2.06.